The molecule has 0 bridgehead atoms. The fourth-order valence-electron chi connectivity index (χ4n) is 5.53. The normalized spacial score (nSPS) is 22.5. The Balaban J connectivity index is 0.000000587. The number of hydrogen-bond acceptors (Lipinski definition) is 7. The van der Waals surface area contributed by atoms with E-state index in [1.54, 1.807) is 26.4 Å². The number of carboxylic acid groups (broad SMARTS) is 1. The van der Waals surface area contributed by atoms with E-state index in [0.717, 1.165) is 50.0 Å². The zero-order valence-corrected chi connectivity index (χ0v) is 23.9. The van der Waals surface area contributed by atoms with Crippen molar-refractivity contribution in [2.45, 2.75) is 54.3 Å². The number of fused-ring (bicyclic) bond motifs is 1. The Hall–Kier alpha value is -3.52. The van der Waals surface area contributed by atoms with Gasteiger partial charge in [0.15, 0.2) is 21.3 Å². The first-order valence-electron chi connectivity index (χ1n) is 12.7. The van der Waals surface area contributed by atoms with Gasteiger partial charge in [0, 0.05) is 29.4 Å². The number of alkyl halides is 3. The molecule has 0 aromatic heterocycles. The minimum atomic E-state index is -5.08. The van der Waals surface area contributed by atoms with Crippen molar-refractivity contribution in [3.63, 3.8) is 0 Å². The van der Waals surface area contributed by atoms with Gasteiger partial charge >= 0.3 is 18.2 Å². The van der Waals surface area contributed by atoms with Gasteiger partial charge in [-0.05, 0) is 81.2 Å². The summed E-state index contributed by atoms with van der Waals surface area (Å²) in [4.78, 5) is 24.2. The summed E-state index contributed by atoms with van der Waals surface area (Å²) in [5.74, 6) is -1.29. The number of carbonyl (C=O) groups excluding carboxylic acids is 1. The maximum Gasteiger partial charge on any atom is 0.490 e. The summed E-state index contributed by atoms with van der Waals surface area (Å²) in [5, 5.41) is 13.1. The third-order valence-corrected chi connectivity index (χ3v) is 8.73. The number of hydrogen-bond donors (Lipinski definition) is 3. The van der Waals surface area contributed by atoms with Gasteiger partial charge in [-0.1, -0.05) is 6.07 Å². The third kappa shape index (κ3) is 7.61. The number of likely N-dealkylation sites (tertiary alicyclic amines) is 1. The van der Waals surface area contributed by atoms with Gasteiger partial charge in [-0.2, -0.15) is 13.2 Å². The average Bonchev–Trinajstić information content (AvgIpc) is 3.24. The molecule has 2 aliphatic rings. The smallest absolute Gasteiger partial charge is 0.490 e. The lowest BCUT2D eigenvalue weighted by atomic mass is 9.65. The van der Waals surface area contributed by atoms with Crippen LogP contribution in [0.3, 0.4) is 0 Å². The highest BCUT2D eigenvalue weighted by atomic mass is 32.2. The standard InChI is InChI=1S/C25H33N3O5S.C2HF3O2/c1-28-14-13-25(17-5-10-21(32-2)22(15-17)33-3)12-11-19(16-23(25)28)27-24(29)26-18-6-8-20(9-7-18)34(4,30)31;3-2(4,5)1(6)7/h5-10,15,19,23H,11-14,16H2,1-4H3,(H2,26,27,29);(H,6,7)/t19-,23+,25+;/m1./s1. The molecule has 0 radical (unpaired) electrons. The van der Waals surface area contributed by atoms with Gasteiger partial charge in [-0.15, -0.1) is 0 Å². The second-order valence-corrected chi connectivity index (χ2v) is 12.2. The lowest BCUT2D eigenvalue weighted by Crippen LogP contribution is -2.52. The number of halogens is 3. The van der Waals surface area contributed by atoms with Crippen molar-refractivity contribution in [3.8, 4) is 11.5 Å². The number of rotatable bonds is 6. The molecule has 2 aromatic rings. The van der Waals surface area contributed by atoms with Crippen LogP contribution < -0.4 is 20.1 Å². The first-order valence-corrected chi connectivity index (χ1v) is 14.6. The minimum Gasteiger partial charge on any atom is -0.493 e. The quantitative estimate of drug-likeness (QED) is 0.452. The van der Waals surface area contributed by atoms with E-state index in [1.165, 1.54) is 17.7 Å². The van der Waals surface area contributed by atoms with Crippen LogP contribution in [0.15, 0.2) is 47.4 Å². The first kappa shape index (κ1) is 32.0. The fraction of sp³-hybridized carbons (Fsp3) is 0.481. The number of nitrogens with one attached hydrogen (secondary N) is 2. The van der Waals surface area contributed by atoms with Gasteiger partial charge in [0.25, 0.3) is 0 Å². The Morgan fingerprint density at radius 3 is 2.20 bits per heavy atom. The lowest BCUT2D eigenvalue weighted by molar-refractivity contribution is -0.192. The number of aliphatic carboxylic acids is 1. The highest BCUT2D eigenvalue weighted by Crippen LogP contribution is 2.49. The first-order chi connectivity index (χ1) is 19.1. The van der Waals surface area contributed by atoms with E-state index in [2.05, 4.69) is 34.7 Å². The van der Waals surface area contributed by atoms with E-state index < -0.39 is 22.0 Å². The molecule has 1 heterocycles. The molecule has 1 aliphatic carbocycles. The maximum atomic E-state index is 12.7. The molecule has 2 fully saturated rings. The van der Waals surface area contributed by atoms with Crippen molar-refractivity contribution >= 4 is 27.5 Å². The molecule has 2 aromatic carbocycles. The molecule has 10 nitrogen and oxygen atoms in total. The highest BCUT2D eigenvalue weighted by Gasteiger charge is 2.50. The van der Waals surface area contributed by atoms with E-state index in [-0.39, 0.29) is 22.4 Å². The average molecular weight is 602 g/mol. The fourth-order valence-corrected chi connectivity index (χ4v) is 6.16. The summed E-state index contributed by atoms with van der Waals surface area (Å²) >= 11 is 0. The third-order valence-electron chi connectivity index (χ3n) is 7.60. The topological polar surface area (TPSA) is 134 Å². The van der Waals surface area contributed by atoms with E-state index in [0.29, 0.717) is 11.7 Å². The predicted octanol–water partition coefficient (Wildman–Crippen LogP) is 4.06. The summed E-state index contributed by atoms with van der Waals surface area (Å²) in [7, 11) is 2.18. The van der Waals surface area contributed by atoms with E-state index >= 15 is 0 Å². The Morgan fingerprint density at radius 1 is 1.05 bits per heavy atom. The van der Waals surface area contributed by atoms with Crippen molar-refractivity contribution in [1.29, 1.82) is 0 Å². The Kier molecular flexibility index (Phi) is 9.80. The van der Waals surface area contributed by atoms with Crippen LogP contribution in [0.25, 0.3) is 0 Å². The van der Waals surface area contributed by atoms with E-state index in [9.17, 15) is 26.4 Å². The number of carbonyl (C=O) groups is 2. The van der Waals surface area contributed by atoms with Crippen LogP contribution in [-0.4, -0.2) is 82.8 Å². The highest BCUT2D eigenvalue weighted by molar-refractivity contribution is 7.90. The van der Waals surface area contributed by atoms with Crippen LogP contribution in [0, 0.1) is 0 Å². The van der Waals surface area contributed by atoms with Crippen molar-refractivity contribution in [2.75, 3.05) is 39.4 Å². The van der Waals surface area contributed by atoms with Crippen molar-refractivity contribution in [1.82, 2.24) is 10.2 Å². The van der Waals surface area contributed by atoms with Gasteiger partial charge in [0.1, 0.15) is 0 Å². The molecule has 0 spiro atoms. The summed E-state index contributed by atoms with van der Waals surface area (Å²) in [5.41, 5.74) is 1.83. The zero-order chi connectivity index (χ0) is 30.6. The summed E-state index contributed by atoms with van der Waals surface area (Å²) in [6.07, 6.45) is -0.168. The van der Waals surface area contributed by atoms with E-state index in [1.807, 2.05) is 6.07 Å². The van der Waals surface area contributed by atoms with Crippen LogP contribution in [0.5, 0.6) is 11.5 Å². The molecular weight excluding hydrogens is 567 g/mol. The Morgan fingerprint density at radius 2 is 1.66 bits per heavy atom. The monoisotopic (exact) mass is 601 g/mol. The molecule has 1 saturated carbocycles. The van der Waals surface area contributed by atoms with Crippen molar-refractivity contribution in [3.05, 3.63) is 48.0 Å². The lowest BCUT2D eigenvalue weighted by Gasteiger charge is -2.45. The van der Waals surface area contributed by atoms with Crippen LogP contribution in [-0.2, 0) is 20.0 Å². The molecule has 41 heavy (non-hydrogen) atoms. The van der Waals surface area contributed by atoms with Gasteiger partial charge < -0.3 is 30.1 Å². The molecule has 0 unspecified atom stereocenters. The van der Waals surface area contributed by atoms with Gasteiger partial charge in [-0.25, -0.2) is 18.0 Å². The van der Waals surface area contributed by atoms with E-state index in [4.69, 9.17) is 19.4 Å². The number of likely N-dealkylation sites (N-methyl/N-ethyl adjacent to an activating group) is 1. The number of ether oxygens (including phenoxy) is 2. The Bertz CT molecular complexity index is 1350. The number of urea groups is 1. The predicted molar refractivity (Wildman–Crippen MR) is 145 cm³/mol. The summed E-state index contributed by atoms with van der Waals surface area (Å²) in [6.45, 7) is 1.00. The van der Waals surface area contributed by atoms with Crippen LogP contribution in [0.4, 0.5) is 23.7 Å². The SMILES string of the molecule is COc1ccc([C@@]23CC[C@@H](NC(=O)Nc4ccc(S(C)(=O)=O)cc4)C[C@@H]2N(C)CC3)cc1OC.O=C(O)C(F)(F)F. The molecule has 3 N–H and O–H groups in total. The molecular formula is C27H34F3N3O7S. The van der Waals surface area contributed by atoms with Crippen LogP contribution in [0.2, 0.25) is 0 Å². The number of anilines is 1. The number of methoxy groups -OCH3 is 2. The Labute approximate surface area is 236 Å². The second kappa shape index (κ2) is 12.6. The van der Waals surface area contributed by atoms with Gasteiger partial charge in [-0.3, -0.25) is 0 Å². The minimum absolute atomic E-state index is 0.0183. The number of nitrogens with zero attached hydrogens (tertiary/aromatic N) is 1. The van der Waals surface area contributed by atoms with Crippen molar-refractivity contribution in [2.24, 2.45) is 0 Å². The van der Waals surface area contributed by atoms with Gasteiger partial charge in [0.05, 0.1) is 19.1 Å². The maximum absolute atomic E-state index is 12.7. The number of benzene rings is 2. The number of sulfone groups is 1. The van der Waals surface area contributed by atoms with Crippen LogP contribution >= 0.6 is 0 Å². The second-order valence-electron chi connectivity index (χ2n) is 10.1. The van der Waals surface area contributed by atoms with Gasteiger partial charge in [0.2, 0.25) is 0 Å². The molecule has 226 valence electrons. The number of amides is 2. The zero-order valence-electron chi connectivity index (χ0n) is 23.1. The molecule has 3 atom stereocenters. The molecule has 4 rings (SSSR count). The molecule has 1 aliphatic heterocycles. The molecule has 14 heteroatoms. The number of carboxylic acids is 1. The largest absolute Gasteiger partial charge is 0.493 e. The summed E-state index contributed by atoms with van der Waals surface area (Å²) in [6, 6.07) is 12.5. The van der Waals surface area contributed by atoms with Crippen LogP contribution in [0.1, 0.15) is 31.2 Å². The molecule has 2 amide bonds. The summed E-state index contributed by atoms with van der Waals surface area (Å²) < 4.78 is 66.0. The molecule has 1 saturated heterocycles. The van der Waals surface area contributed by atoms with Crippen molar-refractivity contribution < 1.29 is 45.8 Å².